The Morgan fingerprint density at radius 1 is 0.952 bits per heavy atom. The average Bonchev–Trinajstić information content (AvgIpc) is 2.50. The van der Waals surface area contributed by atoms with Crippen LogP contribution in [0.4, 0.5) is 0 Å². The molecule has 0 amide bonds. The predicted molar refractivity (Wildman–Crippen MR) is 89.4 cm³/mol. The lowest BCUT2D eigenvalue weighted by Crippen LogP contribution is -2.04. The van der Waals surface area contributed by atoms with Crippen LogP contribution in [-0.2, 0) is 4.74 Å². The fourth-order valence-corrected chi connectivity index (χ4v) is 2.38. The third kappa shape index (κ3) is 3.63. The number of aryl methyl sites for hydroxylation is 2. The van der Waals surface area contributed by atoms with Crippen molar-refractivity contribution in [2.24, 2.45) is 0 Å². The van der Waals surface area contributed by atoms with Crippen LogP contribution in [0, 0.1) is 20.8 Å². The molecule has 1 heteroatoms. The molecule has 0 saturated heterocycles. The normalized spacial score (nSPS) is 12.3. The Morgan fingerprint density at radius 3 is 2.14 bits per heavy atom. The van der Waals surface area contributed by atoms with Gasteiger partial charge in [0.15, 0.2) is 0 Å². The Bertz CT molecular complexity index is 615. The van der Waals surface area contributed by atoms with Gasteiger partial charge in [0.05, 0.1) is 6.26 Å². The van der Waals surface area contributed by atoms with Crippen LogP contribution in [0.2, 0.25) is 0 Å². The van der Waals surface area contributed by atoms with Crippen molar-refractivity contribution in [2.45, 2.75) is 26.9 Å². The summed E-state index contributed by atoms with van der Waals surface area (Å²) in [7, 11) is 0. The van der Waals surface area contributed by atoms with Gasteiger partial charge in [0, 0.05) is 0 Å². The summed E-state index contributed by atoms with van der Waals surface area (Å²) in [6, 6.07) is 14.7. The maximum atomic E-state index is 5.95. The monoisotopic (exact) mass is 278 g/mol. The number of hydrogen-bond donors (Lipinski definition) is 0. The van der Waals surface area contributed by atoms with E-state index in [0.717, 1.165) is 5.56 Å². The zero-order valence-electron chi connectivity index (χ0n) is 13.0. The third-order valence-corrected chi connectivity index (χ3v) is 3.78. The Labute approximate surface area is 127 Å². The molecule has 21 heavy (non-hydrogen) atoms. The number of ether oxygens (including phenoxy) is 1. The molecule has 1 atom stereocenters. The highest BCUT2D eigenvalue weighted by Crippen LogP contribution is 2.29. The second-order valence-electron chi connectivity index (χ2n) is 5.27. The third-order valence-electron chi connectivity index (χ3n) is 3.78. The Morgan fingerprint density at radius 2 is 1.57 bits per heavy atom. The summed E-state index contributed by atoms with van der Waals surface area (Å²) in [5.41, 5.74) is 6.25. The van der Waals surface area contributed by atoms with Crippen LogP contribution in [-0.4, -0.2) is 0 Å². The molecule has 0 aliphatic rings. The van der Waals surface area contributed by atoms with Gasteiger partial charge in [0.1, 0.15) is 6.10 Å². The Kier molecular flexibility index (Phi) is 4.99. The molecule has 1 nitrogen and oxygen atoms in total. The lowest BCUT2D eigenvalue weighted by Gasteiger charge is -2.20. The van der Waals surface area contributed by atoms with Gasteiger partial charge in [-0.15, -0.1) is 0 Å². The second-order valence-corrected chi connectivity index (χ2v) is 5.27. The maximum absolute atomic E-state index is 5.95. The summed E-state index contributed by atoms with van der Waals surface area (Å²) < 4.78 is 5.95. The first-order valence-electron chi connectivity index (χ1n) is 7.19. The van der Waals surface area contributed by atoms with E-state index < -0.39 is 0 Å². The summed E-state index contributed by atoms with van der Waals surface area (Å²) >= 11 is 0. The molecule has 0 spiro atoms. The molecule has 0 saturated carbocycles. The van der Waals surface area contributed by atoms with E-state index in [0.29, 0.717) is 0 Å². The van der Waals surface area contributed by atoms with Crippen LogP contribution < -0.4 is 0 Å². The van der Waals surface area contributed by atoms with Crippen molar-refractivity contribution >= 4 is 0 Å². The van der Waals surface area contributed by atoms with Crippen molar-refractivity contribution < 1.29 is 4.74 Å². The van der Waals surface area contributed by atoms with Gasteiger partial charge in [-0.05, 0) is 54.7 Å². The lowest BCUT2D eigenvalue weighted by atomic mass is 9.94. The molecule has 0 bridgehead atoms. The molecule has 2 aromatic rings. The quantitative estimate of drug-likeness (QED) is 0.524. The molecule has 0 aliphatic carbocycles. The fraction of sp³-hybridized carbons (Fsp3) is 0.200. The van der Waals surface area contributed by atoms with Crippen molar-refractivity contribution in [3.63, 3.8) is 0 Å². The summed E-state index contributed by atoms with van der Waals surface area (Å²) in [4.78, 5) is 0. The van der Waals surface area contributed by atoms with Crippen molar-refractivity contribution in [3.05, 3.63) is 95.3 Å². The topological polar surface area (TPSA) is 9.23 Å². The van der Waals surface area contributed by atoms with Crippen LogP contribution >= 0.6 is 0 Å². The molecular weight excluding hydrogens is 256 g/mol. The summed E-state index contributed by atoms with van der Waals surface area (Å²) in [6.45, 7) is 10.1. The molecule has 2 aromatic carbocycles. The van der Waals surface area contributed by atoms with Gasteiger partial charge in [0.2, 0.25) is 0 Å². The van der Waals surface area contributed by atoms with Gasteiger partial charge < -0.3 is 4.74 Å². The van der Waals surface area contributed by atoms with Gasteiger partial charge >= 0.3 is 0 Å². The summed E-state index contributed by atoms with van der Waals surface area (Å²) in [5, 5.41) is 0. The molecule has 0 N–H and O–H groups in total. The van der Waals surface area contributed by atoms with E-state index in [1.54, 1.807) is 12.3 Å². The number of allylic oxidation sites excluding steroid dienone is 2. The van der Waals surface area contributed by atoms with Crippen molar-refractivity contribution in [1.82, 2.24) is 0 Å². The summed E-state index contributed by atoms with van der Waals surface area (Å²) in [6.07, 6.45) is 5.13. The molecule has 0 heterocycles. The number of benzene rings is 2. The minimum atomic E-state index is -0.0969. The number of hydrogen-bond acceptors (Lipinski definition) is 1. The van der Waals surface area contributed by atoms with E-state index in [4.69, 9.17) is 4.74 Å². The minimum absolute atomic E-state index is 0.0969. The first-order valence-corrected chi connectivity index (χ1v) is 7.19. The highest BCUT2D eigenvalue weighted by Gasteiger charge is 2.15. The zero-order chi connectivity index (χ0) is 15.2. The van der Waals surface area contributed by atoms with Crippen molar-refractivity contribution in [1.29, 1.82) is 0 Å². The molecule has 1 unspecified atom stereocenters. The smallest absolute Gasteiger partial charge is 0.148 e. The van der Waals surface area contributed by atoms with Crippen LogP contribution in [0.25, 0.3) is 0 Å². The molecule has 2 rings (SSSR count). The Hall–Kier alpha value is -2.28. The van der Waals surface area contributed by atoms with Gasteiger partial charge in [-0.3, -0.25) is 0 Å². The van der Waals surface area contributed by atoms with Gasteiger partial charge in [-0.25, -0.2) is 0 Å². The fourth-order valence-electron chi connectivity index (χ4n) is 2.38. The zero-order valence-corrected chi connectivity index (χ0v) is 13.0. The van der Waals surface area contributed by atoms with E-state index in [9.17, 15) is 0 Å². The SMILES string of the molecule is C=CC=COC(c1ccccc1)c1cc(C)c(C)c(C)c1. The second kappa shape index (κ2) is 6.94. The van der Waals surface area contributed by atoms with Gasteiger partial charge in [0.25, 0.3) is 0 Å². The van der Waals surface area contributed by atoms with Crippen LogP contribution in [0.1, 0.15) is 33.9 Å². The van der Waals surface area contributed by atoms with E-state index in [1.165, 1.54) is 22.3 Å². The molecule has 0 radical (unpaired) electrons. The molecule has 0 aliphatic heterocycles. The number of rotatable bonds is 5. The standard InChI is InChI=1S/C20H22O/c1-5-6-12-21-20(18-10-8-7-9-11-18)19-13-15(2)17(4)16(3)14-19/h5-14,20H,1H2,2-4H3. The first-order chi connectivity index (χ1) is 10.1. The average molecular weight is 278 g/mol. The largest absolute Gasteiger partial charge is 0.489 e. The minimum Gasteiger partial charge on any atom is -0.489 e. The van der Waals surface area contributed by atoms with Crippen molar-refractivity contribution in [3.8, 4) is 0 Å². The molecule has 108 valence electrons. The summed E-state index contributed by atoms with van der Waals surface area (Å²) in [5.74, 6) is 0. The van der Waals surface area contributed by atoms with E-state index >= 15 is 0 Å². The van der Waals surface area contributed by atoms with E-state index in [1.807, 2.05) is 24.3 Å². The van der Waals surface area contributed by atoms with Crippen molar-refractivity contribution in [2.75, 3.05) is 0 Å². The van der Waals surface area contributed by atoms with E-state index in [-0.39, 0.29) is 6.10 Å². The molecule has 0 aromatic heterocycles. The Balaban J connectivity index is 2.44. The van der Waals surface area contributed by atoms with E-state index in [2.05, 4.69) is 51.6 Å². The van der Waals surface area contributed by atoms with Crippen LogP contribution in [0.3, 0.4) is 0 Å². The highest BCUT2D eigenvalue weighted by molar-refractivity contribution is 5.41. The van der Waals surface area contributed by atoms with Gasteiger partial charge in [-0.2, -0.15) is 0 Å². The van der Waals surface area contributed by atoms with Crippen LogP contribution in [0.5, 0.6) is 0 Å². The molecular formula is C20H22O. The maximum Gasteiger partial charge on any atom is 0.148 e. The van der Waals surface area contributed by atoms with Gasteiger partial charge in [-0.1, -0.05) is 55.1 Å². The first kappa shape index (κ1) is 15.1. The highest BCUT2D eigenvalue weighted by atomic mass is 16.5. The predicted octanol–water partition coefficient (Wildman–Crippen LogP) is 5.42. The lowest BCUT2D eigenvalue weighted by molar-refractivity contribution is 0.183. The van der Waals surface area contributed by atoms with Crippen LogP contribution in [0.15, 0.2) is 67.5 Å². The molecule has 0 fully saturated rings.